The van der Waals surface area contributed by atoms with Crippen LogP contribution in [0.15, 0.2) is 39.6 Å². The Morgan fingerprint density at radius 1 is 1.36 bits per heavy atom. The first kappa shape index (κ1) is 16.4. The second-order valence-corrected chi connectivity index (χ2v) is 5.55. The molecular formula is C15H16BrN3O3. The summed E-state index contributed by atoms with van der Waals surface area (Å²) < 4.78 is 7.10. The number of carbonyl (C=O) groups excluding carboxylic acids is 1. The summed E-state index contributed by atoms with van der Waals surface area (Å²) in [6.07, 6.45) is 0. The number of hydrogen-bond acceptors (Lipinski definition) is 4. The average Bonchev–Trinajstić information content (AvgIpc) is 2.50. The molecule has 0 radical (unpaired) electrons. The Balaban J connectivity index is 2.18. The standard InChI is InChI=1S/C15H16BrN3O3/c1-10-9-11(3-4-12(10)16)17-15(21)13-5-6-14(20)19(18-13)7-8-22-2/h3-6,9H,7-8H2,1-2H3,(H,17,21). The predicted molar refractivity (Wildman–Crippen MR) is 87.2 cm³/mol. The number of nitrogens with one attached hydrogen (secondary N) is 1. The number of aryl methyl sites for hydroxylation is 1. The third-order valence-corrected chi connectivity index (χ3v) is 3.91. The van der Waals surface area contributed by atoms with Crippen LogP contribution in [0.4, 0.5) is 5.69 Å². The molecule has 0 atom stereocenters. The van der Waals surface area contributed by atoms with Crippen molar-refractivity contribution < 1.29 is 9.53 Å². The lowest BCUT2D eigenvalue weighted by Gasteiger charge is -2.08. The number of methoxy groups -OCH3 is 1. The first-order valence-electron chi connectivity index (χ1n) is 6.66. The van der Waals surface area contributed by atoms with E-state index in [0.717, 1.165) is 10.0 Å². The number of carbonyl (C=O) groups is 1. The largest absolute Gasteiger partial charge is 0.383 e. The van der Waals surface area contributed by atoms with E-state index < -0.39 is 0 Å². The molecule has 1 amide bonds. The first-order valence-corrected chi connectivity index (χ1v) is 7.45. The minimum Gasteiger partial charge on any atom is -0.383 e. The number of benzene rings is 1. The molecule has 0 bridgehead atoms. The van der Waals surface area contributed by atoms with Crippen LogP contribution in [0.1, 0.15) is 16.1 Å². The molecule has 1 heterocycles. The van der Waals surface area contributed by atoms with E-state index in [4.69, 9.17) is 4.74 Å². The van der Waals surface area contributed by atoms with Crippen molar-refractivity contribution in [2.24, 2.45) is 0 Å². The molecule has 116 valence electrons. The molecule has 7 heteroatoms. The Morgan fingerprint density at radius 2 is 2.14 bits per heavy atom. The van der Waals surface area contributed by atoms with Gasteiger partial charge in [-0.1, -0.05) is 15.9 Å². The molecule has 0 spiro atoms. The van der Waals surface area contributed by atoms with E-state index in [-0.39, 0.29) is 17.2 Å². The van der Waals surface area contributed by atoms with E-state index >= 15 is 0 Å². The molecule has 6 nitrogen and oxygen atoms in total. The van der Waals surface area contributed by atoms with E-state index in [1.165, 1.54) is 23.9 Å². The van der Waals surface area contributed by atoms with E-state index in [0.29, 0.717) is 18.8 Å². The van der Waals surface area contributed by atoms with Gasteiger partial charge in [-0.25, -0.2) is 4.68 Å². The Morgan fingerprint density at radius 3 is 2.82 bits per heavy atom. The van der Waals surface area contributed by atoms with Gasteiger partial charge in [-0.15, -0.1) is 0 Å². The average molecular weight is 366 g/mol. The Hall–Kier alpha value is -1.99. The summed E-state index contributed by atoms with van der Waals surface area (Å²) in [6.45, 7) is 2.58. The van der Waals surface area contributed by atoms with Crippen molar-refractivity contribution in [1.29, 1.82) is 0 Å². The van der Waals surface area contributed by atoms with Gasteiger partial charge in [-0.2, -0.15) is 5.10 Å². The number of rotatable bonds is 5. The van der Waals surface area contributed by atoms with E-state index in [9.17, 15) is 9.59 Å². The first-order chi connectivity index (χ1) is 10.5. The predicted octanol–water partition coefficient (Wildman–Crippen LogP) is 2.21. The fraction of sp³-hybridized carbons (Fsp3) is 0.267. The van der Waals surface area contributed by atoms with E-state index in [1.807, 2.05) is 19.1 Å². The molecule has 22 heavy (non-hydrogen) atoms. The number of halogens is 1. The van der Waals surface area contributed by atoms with Crippen molar-refractivity contribution in [1.82, 2.24) is 9.78 Å². The maximum absolute atomic E-state index is 12.2. The van der Waals surface area contributed by atoms with Crippen molar-refractivity contribution in [2.75, 3.05) is 19.0 Å². The fourth-order valence-electron chi connectivity index (χ4n) is 1.83. The summed E-state index contributed by atoms with van der Waals surface area (Å²) in [6, 6.07) is 8.23. The number of nitrogens with zero attached hydrogens (tertiary/aromatic N) is 2. The molecule has 0 aliphatic heterocycles. The minimum absolute atomic E-state index is 0.177. The lowest BCUT2D eigenvalue weighted by atomic mass is 10.2. The molecule has 0 aliphatic carbocycles. The van der Waals surface area contributed by atoms with Crippen molar-refractivity contribution >= 4 is 27.5 Å². The lowest BCUT2D eigenvalue weighted by molar-refractivity contribution is 0.101. The monoisotopic (exact) mass is 365 g/mol. The maximum Gasteiger partial charge on any atom is 0.276 e. The van der Waals surface area contributed by atoms with Gasteiger partial charge >= 0.3 is 0 Å². The van der Waals surface area contributed by atoms with Gasteiger partial charge < -0.3 is 10.1 Å². The van der Waals surface area contributed by atoms with Crippen LogP contribution >= 0.6 is 15.9 Å². The number of amides is 1. The molecule has 0 saturated carbocycles. The summed E-state index contributed by atoms with van der Waals surface area (Å²) in [4.78, 5) is 23.9. The summed E-state index contributed by atoms with van der Waals surface area (Å²) >= 11 is 3.41. The van der Waals surface area contributed by atoms with Crippen molar-refractivity contribution in [3.05, 3.63) is 56.4 Å². The fourth-order valence-corrected chi connectivity index (χ4v) is 2.07. The highest BCUT2D eigenvalue weighted by Crippen LogP contribution is 2.20. The molecule has 1 aromatic carbocycles. The van der Waals surface area contributed by atoms with Crippen LogP contribution in [0.2, 0.25) is 0 Å². The third-order valence-electron chi connectivity index (χ3n) is 3.02. The molecule has 1 N–H and O–H groups in total. The molecular weight excluding hydrogens is 350 g/mol. The van der Waals surface area contributed by atoms with Crippen molar-refractivity contribution in [3.8, 4) is 0 Å². The van der Waals surface area contributed by atoms with Crippen LogP contribution in [0, 0.1) is 6.92 Å². The Kier molecular flexibility index (Phi) is 5.46. The second-order valence-electron chi connectivity index (χ2n) is 4.69. The maximum atomic E-state index is 12.2. The van der Waals surface area contributed by atoms with Gasteiger partial charge in [0.05, 0.1) is 13.2 Å². The third kappa shape index (κ3) is 4.02. The van der Waals surface area contributed by atoms with Gasteiger partial charge in [0.2, 0.25) is 0 Å². The molecule has 1 aromatic heterocycles. The van der Waals surface area contributed by atoms with Gasteiger partial charge in [-0.05, 0) is 36.8 Å². The van der Waals surface area contributed by atoms with Crippen LogP contribution in [-0.4, -0.2) is 29.4 Å². The zero-order valence-electron chi connectivity index (χ0n) is 12.3. The van der Waals surface area contributed by atoms with E-state index in [1.54, 1.807) is 6.07 Å². The van der Waals surface area contributed by atoms with Crippen LogP contribution in [0.3, 0.4) is 0 Å². The SMILES string of the molecule is COCCn1nc(C(=O)Nc2ccc(Br)c(C)c2)ccc1=O. The highest BCUT2D eigenvalue weighted by Gasteiger charge is 2.10. The van der Waals surface area contributed by atoms with Gasteiger partial charge in [0.15, 0.2) is 0 Å². The van der Waals surface area contributed by atoms with Gasteiger partial charge in [0.1, 0.15) is 5.69 Å². The quantitative estimate of drug-likeness (QED) is 0.881. The molecule has 2 rings (SSSR count). The van der Waals surface area contributed by atoms with Crippen LogP contribution in [0.25, 0.3) is 0 Å². The number of anilines is 1. The summed E-state index contributed by atoms with van der Waals surface area (Å²) in [5, 5.41) is 6.81. The van der Waals surface area contributed by atoms with Gasteiger partial charge in [0, 0.05) is 23.3 Å². The molecule has 0 unspecified atom stereocenters. The van der Waals surface area contributed by atoms with Crippen molar-refractivity contribution in [2.45, 2.75) is 13.5 Å². The van der Waals surface area contributed by atoms with E-state index in [2.05, 4.69) is 26.3 Å². The number of ether oxygens (including phenoxy) is 1. The Labute approximate surface area is 136 Å². The minimum atomic E-state index is -0.368. The lowest BCUT2D eigenvalue weighted by Crippen LogP contribution is -2.27. The summed E-state index contributed by atoms with van der Waals surface area (Å²) in [5.74, 6) is -0.368. The molecule has 0 aliphatic rings. The summed E-state index contributed by atoms with van der Waals surface area (Å²) in [7, 11) is 1.54. The smallest absolute Gasteiger partial charge is 0.276 e. The number of aromatic nitrogens is 2. The summed E-state index contributed by atoms with van der Waals surface area (Å²) in [5.41, 5.74) is 1.59. The van der Waals surface area contributed by atoms with Crippen LogP contribution in [-0.2, 0) is 11.3 Å². The normalized spacial score (nSPS) is 10.5. The van der Waals surface area contributed by atoms with Gasteiger partial charge in [0.25, 0.3) is 11.5 Å². The molecule has 2 aromatic rings. The topological polar surface area (TPSA) is 73.2 Å². The highest BCUT2D eigenvalue weighted by atomic mass is 79.9. The second kappa shape index (κ2) is 7.33. The van der Waals surface area contributed by atoms with Crippen molar-refractivity contribution in [3.63, 3.8) is 0 Å². The Bertz CT molecular complexity index is 743. The highest BCUT2D eigenvalue weighted by molar-refractivity contribution is 9.10. The van der Waals surface area contributed by atoms with Gasteiger partial charge in [-0.3, -0.25) is 9.59 Å². The number of hydrogen-bond donors (Lipinski definition) is 1. The molecule has 0 saturated heterocycles. The van der Waals surface area contributed by atoms with Crippen LogP contribution < -0.4 is 10.9 Å². The molecule has 0 fully saturated rings. The zero-order chi connectivity index (χ0) is 16.1. The zero-order valence-corrected chi connectivity index (χ0v) is 13.9. The van der Waals surface area contributed by atoms with Crippen LogP contribution in [0.5, 0.6) is 0 Å².